The molecule has 0 aliphatic rings. The van der Waals surface area contributed by atoms with Crippen LogP contribution in [0.2, 0.25) is 0 Å². The third-order valence-electron chi connectivity index (χ3n) is 2.43. The van der Waals surface area contributed by atoms with Crippen molar-refractivity contribution in [2.45, 2.75) is 32.3 Å². The Balaban J connectivity index is 2.46. The number of hydrogen-bond acceptors (Lipinski definition) is 4. The largest absolute Gasteiger partial charge is 0.380 e. The molecule has 0 aromatic carbocycles. The number of thiophene rings is 1. The minimum atomic E-state index is -1.40. The molecule has 1 amide bonds. The van der Waals surface area contributed by atoms with Gasteiger partial charge < -0.3 is 10.4 Å². The average Bonchev–Trinajstić information content (AvgIpc) is 2.78. The summed E-state index contributed by atoms with van der Waals surface area (Å²) in [7, 11) is 0. The van der Waals surface area contributed by atoms with Crippen molar-refractivity contribution in [2.24, 2.45) is 0 Å². The molecule has 0 bridgehead atoms. The molecule has 17 heavy (non-hydrogen) atoms. The summed E-state index contributed by atoms with van der Waals surface area (Å²) in [5.41, 5.74) is -1.40. The number of Topliss-reactive ketones (excluding diaryl/α,β-unsaturated/α-hetero) is 1. The van der Waals surface area contributed by atoms with Crippen LogP contribution in [0.4, 0.5) is 0 Å². The van der Waals surface area contributed by atoms with E-state index in [2.05, 4.69) is 5.32 Å². The Morgan fingerprint density at radius 2 is 2.24 bits per heavy atom. The highest BCUT2D eigenvalue weighted by molar-refractivity contribution is 7.12. The highest BCUT2D eigenvalue weighted by Crippen LogP contribution is 2.12. The van der Waals surface area contributed by atoms with Crippen molar-refractivity contribution >= 4 is 23.0 Å². The monoisotopic (exact) mass is 255 g/mol. The first-order valence-corrected chi connectivity index (χ1v) is 6.42. The smallest absolute Gasteiger partial charge is 0.252 e. The van der Waals surface area contributed by atoms with Gasteiger partial charge in [-0.1, -0.05) is 19.4 Å². The SMILES string of the molecule is CCCC(C)(O)C(=O)NCC(=O)c1cccs1. The summed E-state index contributed by atoms with van der Waals surface area (Å²) in [5, 5.41) is 14.1. The Hall–Kier alpha value is -1.20. The minimum Gasteiger partial charge on any atom is -0.380 e. The van der Waals surface area contributed by atoms with Gasteiger partial charge in [0.15, 0.2) is 5.78 Å². The maximum atomic E-state index is 11.6. The molecular weight excluding hydrogens is 238 g/mol. The van der Waals surface area contributed by atoms with Crippen LogP contribution in [-0.2, 0) is 4.79 Å². The molecule has 5 heteroatoms. The van der Waals surface area contributed by atoms with Gasteiger partial charge >= 0.3 is 0 Å². The second kappa shape index (κ2) is 5.93. The number of carbonyl (C=O) groups excluding carboxylic acids is 2. The molecule has 1 aromatic rings. The van der Waals surface area contributed by atoms with Gasteiger partial charge in [0.2, 0.25) is 0 Å². The second-order valence-electron chi connectivity index (χ2n) is 4.11. The minimum absolute atomic E-state index is 0.0702. The highest BCUT2D eigenvalue weighted by Gasteiger charge is 2.29. The van der Waals surface area contributed by atoms with Gasteiger partial charge in [0.1, 0.15) is 5.60 Å². The summed E-state index contributed by atoms with van der Waals surface area (Å²) in [6.45, 7) is 3.28. The molecule has 2 N–H and O–H groups in total. The molecule has 1 heterocycles. The van der Waals surface area contributed by atoms with Gasteiger partial charge in [0, 0.05) is 0 Å². The lowest BCUT2D eigenvalue weighted by molar-refractivity contribution is -0.138. The lowest BCUT2D eigenvalue weighted by Gasteiger charge is -2.21. The maximum absolute atomic E-state index is 11.6. The van der Waals surface area contributed by atoms with E-state index in [-0.39, 0.29) is 12.3 Å². The normalized spacial score (nSPS) is 14.1. The number of aliphatic hydroxyl groups is 1. The Morgan fingerprint density at radius 3 is 2.76 bits per heavy atom. The van der Waals surface area contributed by atoms with Crippen molar-refractivity contribution in [3.63, 3.8) is 0 Å². The van der Waals surface area contributed by atoms with Crippen molar-refractivity contribution in [3.8, 4) is 0 Å². The fraction of sp³-hybridized carbons (Fsp3) is 0.500. The Bertz CT molecular complexity index is 384. The zero-order valence-electron chi connectivity index (χ0n) is 10.0. The maximum Gasteiger partial charge on any atom is 0.252 e. The Morgan fingerprint density at radius 1 is 1.53 bits per heavy atom. The molecule has 1 aromatic heterocycles. The van der Waals surface area contributed by atoms with Crippen LogP contribution in [0.3, 0.4) is 0 Å². The predicted molar refractivity (Wildman–Crippen MR) is 67.2 cm³/mol. The molecule has 94 valence electrons. The number of rotatable bonds is 6. The number of hydrogen-bond donors (Lipinski definition) is 2. The van der Waals surface area contributed by atoms with Crippen LogP contribution in [-0.4, -0.2) is 28.9 Å². The van der Waals surface area contributed by atoms with Crippen LogP contribution < -0.4 is 5.32 Å². The summed E-state index contributed by atoms with van der Waals surface area (Å²) < 4.78 is 0. The molecule has 0 aliphatic heterocycles. The first-order valence-electron chi connectivity index (χ1n) is 5.54. The molecule has 0 spiro atoms. The van der Waals surface area contributed by atoms with E-state index in [1.807, 2.05) is 12.3 Å². The van der Waals surface area contributed by atoms with Gasteiger partial charge in [-0.3, -0.25) is 9.59 Å². The summed E-state index contributed by atoms with van der Waals surface area (Å²) in [5.74, 6) is -0.634. The number of ketones is 1. The molecule has 0 radical (unpaired) electrons. The van der Waals surface area contributed by atoms with E-state index in [0.29, 0.717) is 17.7 Å². The Labute approximate surface area is 105 Å². The van der Waals surface area contributed by atoms with Crippen LogP contribution >= 0.6 is 11.3 Å². The molecular formula is C12H17NO3S. The van der Waals surface area contributed by atoms with E-state index in [1.54, 1.807) is 12.1 Å². The van der Waals surface area contributed by atoms with Gasteiger partial charge in [0.05, 0.1) is 11.4 Å². The van der Waals surface area contributed by atoms with Gasteiger partial charge in [-0.2, -0.15) is 0 Å². The zero-order valence-corrected chi connectivity index (χ0v) is 10.8. The summed E-state index contributed by atoms with van der Waals surface area (Å²) >= 11 is 1.34. The molecule has 1 atom stereocenters. The van der Waals surface area contributed by atoms with Crippen molar-refractivity contribution < 1.29 is 14.7 Å². The molecule has 4 nitrogen and oxygen atoms in total. The van der Waals surface area contributed by atoms with E-state index in [0.717, 1.165) is 0 Å². The van der Waals surface area contributed by atoms with Crippen LogP contribution in [0, 0.1) is 0 Å². The second-order valence-corrected chi connectivity index (χ2v) is 5.05. The Kier molecular flexibility index (Phi) is 4.84. The molecule has 0 saturated heterocycles. The van der Waals surface area contributed by atoms with Crippen LogP contribution in [0.15, 0.2) is 17.5 Å². The highest BCUT2D eigenvalue weighted by atomic mass is 32.1. The van der Waals surface area contributed by atoms with E-state index >= 15 is 0 Å². The topological polar surface area (TPSA) is 66.4 Å². The van der Waals surface area contributed by atoms with E-state index in [1.165, 1.54) is 18.3 Å². The first kappa shape index (κ1) is 13.9. The van der Waals surface area contributed by atoms with Crippen molar-refractivity contribution in [1.29, 1.82) is 0 Å². The lowest BCUT2D eigenvalue weighted by atomic mass is 10.00. The standard InChI is InChI=1S/C12H17NO3S/c1-3-6-12(2,16)11(15)13-8-9(14)10-5-4-7-17-10/h4-5,7,16H,3,6,8H2,1-2H3,(H,13,15). The average molecular weight is 255 g/mol. The summed E-state index contributed by atoms with van der Waals surface area (Å²) in [6.07, 6.45) is 1.09. The molecule has 1 rings (SSSR count). The predicted octanol–water partition coefficient (Wildman–Crippen LogP) is 1.60. The summed E-state index contributed by atoms with van der Waals surface area (Å²) in [6, 6.07) is 3.50. The van der Waals surface area contributed by atoms with Crippen molar-refractivity contribution in [2.75, 3.05) is 6.54 Å². The fourth-order valence-electron chi connectivity index (χ4n) is 1.48. The van der Waals surface area contributed by atoms with E-state index < -0.39 is 11.5 Å². The third-order valence-corrected chi connectivity index (χ3v) is 3.34. The number of carbonyl (C=O) groups is 2. The van der Waals surface area contributed by atoms with Crippen molar-refractivity contribution in [1.82, 2.24) is 5.32 Å². The molecule has 1 unspecified atom stereocenters. The van der Waals surface area contributed by atoms with Crippen LogP contribution in [0.1, 0.15) is 36.4 Å². The number of nitrogens with one attached hydrogen (secondary N) is 1. The van der Waals surface area contributed by atoms with Crippen molar-refractivity contribution in [3.05, 3.63) is 22.4 Å². The van der Waals surface area contributed by atoms with Gasteiger partial charge in [-0.25, -0.2) is 0 Å². The quantitative estimate of drug-likeness (QED) is 0.759. The first-order chi connectivity index (χ1) is 7.97. The van der Waals surface area contributed by atoms with Gasteiger partial charge in [0.25, 0.3) is 5.91 Å². The molecule has 0 fully saturated rings. The third kappa shape index (κ3) is 3.94. The zero-order chi connectivity index (χ0) is 12.9. The molecule has 0 saturated carbocycles. The van der Waals surface area contributed by atoms with Gasteiger partial charge in [-0.15, -0.1) is 11.3 Å². The lowest BCUT2D eigenvalue weighted by Crippen LogP contribution is -2.45. The van der Waals surface area contributed by atoms with E-state index in [9.17, 15) is 14.7 Å². The van der Waals surface area contributed by atoms with Crippen LogP contribution in [0.5, 0.6) is 0 Å². The van der Waals surface area contributed by atoms with E-state index in [4.69, 9.17) is 0 Å². The molecule has 0 aliphatic carbocycles. The van der Waals surface area contributed by atoms with Crippen LogP contribution in [0.25, 0.3) is 0 Å². The fourth-order valence-corrected chi connectivity index (χ4v) is 2.14. The van der Waals surface area contributed by atoms with Gasteiger partial charge in [-0.05, 0) is 24.8 Å². The summed E-state index contributed by atoms with van der Waals surface area (Å²) in [4.78, 5) is 23.8. The number of amides is 1.